The molecular weight excluding hydrogens is 314 g/mol. The summed E-state index contributed by atoms with van der Waals surface area (Å²) in [5.41, 5.74) is 5.31. The van der Waals surface area contributed by atoms with Gasteiger partial charge in [-0.15, -0.1) is 22.7 Å². The Balaban J connectivity index is 2.03. The van der Waals surface area contributed by atoms with Crippen LogP contribution >= 0.6 is 22.7 Å². The zero-order valence-corrected chi connectivity index (χ0v) is 12.5. The molecule has 0 aliphatic rings. The molecule has 110 valence electrons. The van der Waals surface area contributed by atoms with Crippen molar-refractivity contribution in [1.82, 2.24) is 10.3 Å². The van der Waals surface area contributed by atoms with Crippen molar-refractivity contribution in [3.63, 3.8) is 0 Å². The van der Waals surface area contributed by atoms with Crippen molar-refractivity contribution in [3.05, 3.63) is 28.1 Å². The Bertz CT molecular complexity index is 679. The molecule has 0 saturated carbocycles. The first-order chi connectivity index (χ1) is 9.97. The molecule has 0 aliphatic heterocycles. The third-order valence-corrected chi connectivity index (χ3v) is 4.49. The molecule has 9 heteroatoms. The first-order valence-corrected chi connectivity index (χ1v) is 7.44. The highest BCUT2D eigenvalue weighted by atomic mass is 32.1. The van der Waals surface area contributed by atoms with Gasteiger partial charge < -0.3 is 10.5 Å². The number of hydrogen-bond acceptors (Lipinski definition) is 7. The van der Waals surface area contributed by atoms with Crippen LogP contribution in [0, 0.1) is 6.92 Å². The molecule has 2 aromatic heterocycles. The summed E-state index contributed by atoms with van der Waals surface area (Å²) in [7, 11) is 0. The van der Waals surface area contributed by atoms with Crippen molar-refractivity contribution in [2.45, 2.75) is 6.92 Å². The van der Waals surface area contributed by atoms with E-state index < -0.39 is 24.5 Å². The average Bonchev–Trinajstić information content (AvgIpc) is 3.04. The molecule has 7 nitrogen and oxygen atoms in total. The van der Waals surface area contributed by atoms with Crippen LogP contribution in [0.15, 0.2) is 17.5 Å². The van der Waals surface area contributed by atoms with E-state index in [9.17, 15) is 14.4 Å². The van der Waals surface area contributed by atoms with E-state index in [4.69, 9.17) is 10.5 Å². The van der Waals surface area contributed by atoms with Crippen LogP contribution in [0.4, 0.5) is 4.79 Å². The predicted molar refractivity (Wildman–Crippen MR) is 78.2 cm³/mol. The number of aromatic nitrogens is 1. The fourth-order valence-electron chi connectivity index (χ4n) is 1.46. The van der Waals surface area contributed by atoms with Crippen molar-refractivity contribution in [2.75, 3.05) is 6.61 Å². The summed E-state index contributed by atoms with van der Waals surface area (Å²) in [4.78, 5) is 39.1. The van der Waals surface area contributed by atoms with Crippen LogP contribution in [0.5, 0.6) is 0 Å². The molecule has 0 atom stereocenters. The number of hydrogen-bond donors (Lipinski definition) is 2. The van der Waals surface area contributed by atoms with Gasteiger partial charge in [0.25, 0.3) is 5.91 Å². The van der Waals surface area contributed by atoms with Crippen molar-refractivity contribution >= 4 is 40.6 Å². The second-order valence-corrected chi connectivity index (χ2v) is 5.85. The Labute approximate surface area is 127 Å². The third-order valence-electron chi connectivity index (χ3n) is 2.31. The molecule has 0 aliphatic carbocycles. The number of carbonyl (C=O) groups is 3. The Morgan fingerprint density at radius 1 is 1.43 bits per heavy atom. The van der Waals surface area contributed by atoms with Gasteiger partial charge in [0.2, 0.25) is 0 Å². The molecule has 3 N–H and O–H groups in total. The summed E-state index contributed by atoms with van der Waals surface area (Å²) in [6.45, 7) is 1.11. The van der Waals surface area contributed by atoms with Crippen LogP contribution < -0.4 is 11.1 Å². The Kier molecular flexibility index (Phi) is 4.66. The van der Waals surface area contributed by atoms with Crippen molar-refractivity contribution in [1.29, 1.82) is 0 Å². The number of imide groups is 1. The highest BCUT2D eigenvalue weighted by molar-refractivity contribution is 7.22. The van der Waals surface area contributed by atoms with Gasteiger partial charge in [-0.1, -0.05) is 6.07 Å². The quantitative estimate of drug-likeness (QED) is 0.828. The molecule has 0 saturated heterocycles. The maximum atomic E-state index is 11.9. The number of amides is 3. The maximum absolute atomic E-state index is 11.9. The first kappa shape index (κ1) is 15.1. The molecule has 0 unspecified atom stereocenters. The van der Waals surface area contributed by atoms with Gasteiger partial charge in [-0.2, -0.15) is 0 Å². The number of ether oxygens (including phenoxy) is 1. The van der Waals surface area contributed by atoms with Gasteiger partial charge >= 0.3 is 12.0 Å². The Hall–Kier alpha value is -2.26. The summed E-state index contributed by atoms with van der Waals surface area (Å²) >= 11 is 2.71. The van der Waals surface area contributed by atoms with Gasteiger partial charge in [0, 0.05) is 0 Å². The van der Waals surface area contributed by atoms with Gasteiger partial charge in [0.15, 0.2) is 6.61 Å². The van der Waals surface area contributed by atoms with Crippen LogP contribution in [0.25, 0.3) is 9.88 Å². The predicted octanol–water partition coefficient (Wildman–Crippen LogP) is 1.53. The van der Waals surface area contributed by atoms with Gasteiger partial charge in [-0.05, 0) is 18.4 Å². The van der Waals surface area contributed by atoms with Crippen LogP contribution in [0.3, 0.4) is 0 Å². The van der Waals surface area contributed by atoms with E-state index in [1.54, 1.807) is 12.2 Å². The molecule has 0 aromatic carbocycles. The minimum atomic E-state index is -0.995. The highest BCUT2D eigenvalue weighted by Crippen LogP contribution is 2.31. The molecule has 0 spiro atoms. The second-order valence-electron chi connectivity index (χ2n) is 3.90. The normalized spacial score (nSPS) is 10.1. The van der Waals surface area contributed by atoms with Crippen molar-refractivity contribution in [3.8, 4) is 9.88 Å². The van der Waals surface area contributed by atoms with Crippen LogP contribution in [-0.2, 0) is 9.53 Å². The highest BCUT2D eigenvalue weighted by Gasteiger charge is 2.19. The fraction of sp³-hybridized carbons (Fsp3) is 0.167. The fourth-order valence-corrected chi connectivity index (χ4v) is 3.22. The Morgan fingerprint density at radius 3 is 2.81 bits per heavy atom. The average molecular weight is 325 g/mol. The van der Waals surface area contributed by atoms with E-state index in [0.717, 1.165) is 9.88 Å². The number of primary amides is 1. The minimum Gasteiger partial charge on any atom is -0.451 e. The molecule has 2 heterocycles. The molecule has 21 heavy (non-hydrogen) atoms. The largest absolute Gasteiger partial charge is 0.451 e. The third kappa shape index (κ3) is 3.86. The van der Waals surface area contributed by atoms with E-state index in [1.807, 2.05) is 17.5 Å². The Morgan fingerprint density at radius 2 is 2.19 bits per heavy atom. The van der Waals surface area contributed by atoms with Gasteiger partial charge in [-0.25, -0.2) is 14.6 Å². The standard InChI is InChI=1S/C12H11N3O4S2/c1-6-9(11(17)19-5-8(16)15-12(13)18)21-10(14-6)7-3-2-4-20-7/h2-4H,5H2,1H3,(H3,13,15,16,18). The number of nitrogens with one attached hydrogen (secondary N) is 1. The number of thiazole rings is 1. The minimum absolute atomic E-state index is 0.324. The number of nitrogens with zero attached hydrogens (tertiary/aromatic N) is 1. The molecular formula is C12H11N3O4S2. The van der Waals surface area contributed by atoms with E-state index in [1.165, 1.54) is 22.7 Å². The maximum Gasteiger partial charge on any atom is 0.350 e. The molecule has 2 aromatic rings. The van der Waals surface area contributed by atoms with Gasteiger partial charge in [-0.3, -0.25) is 10.1 Å². The number of rotatable bonds is 4. The van der Waals surface area contributed by atoms with Crippen LogP contribution in [0.1, 0.15) is 15.4 Å². The van der Waals surface area contributed by atoms with Gasteiger partial charge in [0.05, 0.1) is 10.6 Å². The number of carbonyl (C=O) groups excluding carboxylic acids is 3. The van der Waals surface area contributed by atoms with Crippen LogP contribution in [-0.4, -0.2) is 29.5 Å². The summed E-state index contributed by atoms with van der Waals surface area (Å²) in [6, 6.07) is 2.80. The molecule has 3 amide bonds. The van der Waals surface area contributed by atoms with Crippen molar-refractivity contribution < 1.29 is 19.1 Å². The second kappa shape index (κ2) is 6.46. The lowest BCUT2D eigenvalue weighted by Crippen LogP contribution is -2.37. The van der Waals surface area contributed by atoms with Crippen molar-refractivity contribution in [2.24, 2.45) is 5.73 Å². The summed E-state index contributed by atoms with van der Waals surface area (Å²) in [6.07, 6.45) is 0. The number of esters is 1. The zero-order valence-electron chi connectivity index (χ0n) is 10.9. The molecule has 0 radical (unpaired) electrons. The lowest BCUT2D eigenvalue weighted by molar-refractivity contribution is -0.123. The summed E-state index contributed by atoms with van der Waals surface area (Å²) < 4.78 is 4.82. The molecule has 2 rings (SSSR count). The molecule has 0 fully saturated rings. The van der Waals surface area contributed by atoms with E-state index in [-0.39, 0.29) is 0 Å². The number of aryl methyl sites for hydroxylation is 1. The smallest absolute Gasteiger partial charge is 0.350 e. The lowest BCUT2D eigenvalue weighted by Gasteiger charge is -2.02. The van der Waals surface area contributed by atoms with E-state index in [2.05, 4.69) is 4.98 Å². The first-order valence-electron chi connectivity index (χ1n) is 5.75. The summed E-state index contributed by atoms with van der Waals surface area (Å²) in [5, 5.41) is 4.44. The lowest BCUT2D eigenvalue weighted by atomic mass is 10.4. The zero-order chi connectivity index (χ0) is 15.4. The number of urea groups is 1. The summed E-state index contributed by atoms with van der Waals surface area (Å²) in [5.74, 6) is -1.44. The number of thiophene rings is 1. The molecule has 0 bridgehead atoms. The van der Waals surface area contributed by atoms with E-state index >= 15 is 0 Å². The van der Waals surface area contributed by atoms with Gasteiger partial charge in [0.1, 0.15) is 9.88 Å². The topological polar surface area (TPSA) is 111 Å². The monoisotopic (exact) mass is 325 g/mol. The number of nitrogens with two attached hydrogens (primary N) is 1. The SMILES string of the molecule is Cc1nc(-c2cccs2)sc1C(=O)OCC(=O)NC(N)=O. The van der Waals surface area contributed by atoms with E-state index in [0.29, 0.717) is 10.6 Å². The van der Waals surface area contributed by atoms with Crippen LogP contribution in [0.2, 0.25) is 0 Å².